The van der Waals surface area contributed by atoms with E-state index in [1.165, 1.54) is 0 Å². The molecule has 2 unspecified atom stereocenters. The van der Waals surface area contributed by atoms with Gasteiger partial charge in [0, 0.05) is 19.1 Å². The van der Waals surface area contributed by atoms with Gasteiger partial charge in [-0.05, 0) is 30.2 Å². The van der Waals surface area contributed by atoms with Crippen molar-refractivity contribution in [3.63, 3.8) is 0 Å². The van der Waals surface area contributed by atoms with Crippen LogP contribution in [0.3, 0.4) is 0 Å². The van der Waals surface area contributed by atoms with Crippen molar-refractivity contribution >= 4 is 28.9 Å². The van der Waals surface area contributed by atoms with Gasteiger partial charge in [0.05, 0.1) is 5.69 Å². The quantitative estimate of drug-likeness (QED) is 0.893. The molecule has 0 aromatic carbocycles. The largest absolute Gasteiger partial charge is 0.477 e. The summed E-state index contributed by atoms with van der Waals surface area (Å²) in [6.07, 6.45) is 0.679. The molecule has 0 bridgehead atoms. The number of carboxylic acids is 1. The number of nitrogens with one attached hydrogen (secondary N) is 1. The van der Waals surface area contributed by atoms with Crippen molar-refractivity contribution in [3.8, 4) is 0 Å². The molecule has 1 aromatic rings. The molecule has 19 heavy (non-hydrogen) atoms. The van der Waals surface area contributed by atoms with Crippen LogP contribution in [0.25, 0.3) is 0 Å². The molecule has 1 fully saturated rings. The van der Waals surface area contributed by atoms with Crippen LogP contribution >= 0.6 is 11.3 Å². The normalized spacial score (nSPS) is 23.1. The number of carbonyl (C=O) groups is 2. The number of carboxylic acid groups (broad SMARTS) is 1. The van der Waals surface area contributed by atoms with Crippen LogP contribution in [0.4, 0.5) is 5.69 Å². The molecule has 1 aromatic heterocycles. The second kappa shape index (κ2) is 5.71. The summed E-state index contributed by atoms with van der Waals surface area (Å²) in [6, 6.07) is 0. The smallest absolute Gasteiger partial charge is 0.348 e. The van der Waals surface area contributed by atoms with Gasteiger partial charge in [0.2, 0.25) is 5.91 Å². The lowest BCUT2D eigenvalue weighted by molar-refractivity contribution is -0.125. The number of hydrogen-bond donors (Lipinski definition) is 2. The second-order valence-corrected chi connectivity index (χ2v) is 5.74. The zero-order valence-electron chi connectivity index (χ0n) is 10.9. The maximum absolute atomic E-state index is 12.2. The number of amides is 1. The lowest BCUT2D eigenvalue weighted by Gasteiger charge is -2.27. The molecule has 2 N–H and O–H groups in total. The van der Waals surface area contributed by atoms with E-state index >= 15 is 0 Å². The minimum absolute atomic E-state index is 0.111. The highest BCUT2D eigenvalue weighted by atomic mass is 32.1. The van der Waals surface area contributed by atoms with Crippen LogP contribution in [0, 0.1) is 18.8 Å². The molecule has 1 aliphatic heterocycles. The van der Waals surface area contributed by atoms with E-state index < -0.39 is 5.97 Å². The molecule has 6 heteroatoms. The van der Waals surface area contributed by atoms with Crippen molar-refractivity contribution < 1.29 is 19.4 Å². The van der Waals surface area contributed by atoms with Gasteiger partial charge in [0.1, 0.15) is 4.88 Å². The Kier molecular flexibility index (Phi) is 4.21. The van der Waals surface area contributed by atoms with Crippen LogP contribution in [0.1, 0.15) is 28.6 Å². The Hall–Kier alpha value is -1.40. The Morgan fingerprint density at radius 1 is 1.53 bits per heavy atom. The van der Waals surface area contributed by atoms with E-state index in [1.807, 2.05) is 6.92 Å². The van der Waals surface area contributed by atoms with Gasteiger partial charge >= 0.3 is 5.97 Å². The van der Waals surface area contributed by atoms with Gasteiger partial charge in [-0.25, -0.2) is 4.79 Å². The second-order valence-electron chi connectivity index (χ2n) is 4.86. The molecule has 0 aliphatic carbocycles. The predicted molar refractivity (Wildman–Crippen MR) is 72.7 cm³/mol. The zero-order valence-corrected chi connectivity index (χ0v) is 11.8. The molecule has 5 nitrogen and oxygen atoms in total. The summed E-state index contributed by atoms with van der Waals surface area (Å²) in [6.45, 7) is 4.93. The van der Waals surface area contributed by atoms with E-state index in [2.05, 4.69) is 5.32 Å². The number of aromatic carboxylic acids is 1. The van der Waals surface area contributed by atoms with Gasteiger partial charge < -0.3 is 15.2 Å². The molecule has 0 spiro atoms. The molecular formula is C13H17NO4S. The molecule has 2 rings (SSSR count). The van der Waals surface area contributed by atoms with E-state index in [4.69, 9.17) is 9.84 Å². The first-order chi connectivity index (χ1) is 9.00. The highest BCUT2D eigenvalue weighted by Gasteiger charge is 2.29. The lowest BCUT2D eigenvalue weighted by atomic mass is 9.89. The van der Waals surface area contributed by atoms with Gasteiger partial charge in [-0.15, -0.1) is 11.3 Å². The maximum Gasteiger partial charge on any atom is 0.348 e. The third-order valence-corrected chi connectivity index (χ3v) is 4.48. The first kappa shape index (κ1) is 14.0. The molecule has 0 radical (unpaired) electrons. The van der Waals surface area contributed by atoms with E-state index in [9.17, 15) is 9.59 Å². The Morgan fingerprint density at radius 3 is 2.89 bits per heavy atom. The standard InChI is InChI=1S/C13H17NO4S/c1-7-5-18-4-3-9(7)12(15)14-10-8(2)6-19-11(10)13(16)17/h6-7,9H,3-5H2,1-2H3,(H,14,15)(H,16,17). The number of ether oxygens (including phenoxy) is 1. The number of hydrogen-bond acceptors (Lipinski definition) is 4. The summed E-state index contributed by atoms with van der Waals surface area (Å²) in [4.78, 5) is 23.5. The predicted octanol–water partition coefficient (Wildman–Crippen LogP) is 2.37. The van der Waals surface area contributed by atoms with E-state index in [0.717, 1.165) is 16.9 Å². The molecule has 1 amide bonds. The fraction of sp³-hybridized carbons (Fsp3) is 0.538. The summed E-state index contributed by atoms with van der Waals surface area (Å²) in [5.41, 5.74) is 1.22. The third kappa shape index (κ3) is 2.96. The van der Waals surface area contributed by atoms with Gasteiger partial charge in [0.25, 0.3) is 0 Å². The molecule has 1 aliphatic rings. The zero-order chi connectivity index (χ0) is 14.0. The number of aryl methyl sites for hydroxylation is 1. The topological polar surface area (TPSA) is 75.6 Å². The van der Waals surface area contributed by atoms with Crippen LogP contribution in [-0.2, 0) is 9.53 Å². The van der Waals surface area contributed by atoms with Gasteiger partial charge in [-0.1, -0.05) is 6.92 Å². The van der Waals surface area contributed by atoms with Crippen LogP contribution in [0.15, 0.2) is 5.38 Å². The van der Waals surface area contributed by atoms with Gasteiger partial charge in [0.15, 0.2) is 0 Å². The fourth-order valence-electron chi connectivity index (χ4n) is 2.24. The third-order valence-electron chi connectivity index (χ3n) is 3.39. The summed E-state index contributed by atoms with van der Waals surface area (Å²) in [5.74, 6) is -1.08. The molecule has 2 atom stereocenters. The first-order valence-electron chi connectivity index (χ1n) is 6.20. The summed E-state index contributed by atoms with van der Waals surface area (Å²) >= 11 is 1.13. The van der Waals surface area contributed by atoms with Crippen molar-refractivity contribution in [3.05, 3.63) is 15.8 Å². The maximum atomic E-state index is 12.2. The van der Waals surface area contributed by atoms with Crippen LogP contribution in [0.2, 0.25) is 0 Å². The Morgan fingerprint density at radius 2 is 2.26 bits per heavy atom. The van der Waals surface area contributed by atoms with E-state index in [1.54, 1.807) is 12.3 Å². The molecule has 0 saturated carbocycles. The summed E-state index contributed by atoms with van der Waals surface area (Å²) in [7, 11) is 0. The molecule has 104 valence electrons. The number of thiophene rings is 1. The van der Waals surface area contributed by atoms with E-state index in [0.29, 0.717) is 25.3 Å². The molecule has 2 heterocycles. The van der Waals surface area contributed by atoms with Gasteiger partial charge in [-0.2, -0.15) is 0 Å². The van der Waals surface area contributed by atoms with Crippen molar-refractivity contribution in [2.75, 3.05) is 18.5 Å². The molecular weight excluding hydrogens is 266 g/mol. The average Bonchev–Trinajstić information content (AvgIpc) is 2.71. The summed E-state index contributed by atoms with van der Waals surface area (Å²) in [5, 5.41) is 13.6. The van der Waals surface area contributed by atoms with Crippen molar-refractivity contribution in [2.24, 2.45) is 11.8 Å². The number of rotatable bonds is 3. The Labute approximate surface area is 115 Å². The lowest BCUT2D eigenvalue weighted by Crippen LogP contribution is -2.35. The minimum Gasteiger partial charge on any atom is -0.477 e. The highest BCUT2D eigenvalue weighted by Crippen LogP contribution is 2.30. The van der Waals surface area contributed by atoms with Gasteiger partial charge in [-0.3, -0.25) is 4.79 Å². The van der Waals surface area contributed by atoms with Crippen molar-refractivity contribution in [1.29, 1.82) is 0 Å². The number of carbonyl (C=O) groups excluding carboxylic acids is 1. The SMILES string of the molecule is Cc1csc(C(=O)O)c1NC(=O)C1CCOCC1C. The Bertz CT molecular complexity index is 497. The number of anilines is 1. The van der Waals surface area contributed by atoms with Crippen LogP contribution in [-0.4, -0.2) is 30.2 Å². The average molecular weight is 283 g/mol. The van der Waals surface area contributed by atoms with Crippen LogP contribution in [0.5, 0.6) is 0 Å². The monoisotopic (exact) mass is 283 g/mol. The summed E-state index contributed by atoms with van der Waals surface area (Å²) < 4.78 is 5.31. The van der Waals surface area contributed by atoms with E-state index in [-0.39, 0.29) is 22.6 Å². The Balaban J connectivity index is 2.14. The minimum atomic E-state index is -1.01. The molecule has 1 saturated heterocycles. The highest BCUT2D eigenvalue weighted by molar-refractivity contribution is 7.12. The first-order valence-corrected chi connectivity index (χ1v) is 7.08. The fourth-order valence-corrected chi connectivity index (χ4v) is 3.09. The van der Waals surface area contributed by atoms with Crippen LogP contribution < -0.4 is 5.32 Å². The van der Waals surface area contributed by atoms with Crippen molar-refractivity contribution in [1.82, 2.24) is 0 Å². The van der Waals surface area contributed by atoms with Crippen molar-refractivity contribution in [2.45, 2.75) is 20.3 Å².